The van der Waals surface area contributed by atoms with E-state index in [1.165, 1.54) is 6.42 Å². The van der Waals surface area contributed by atoms with Gasteiger partial charge in [0.05, 0.1) is 11.7 Å². The Morgan fingerprint density at radius 3 is 2.47 bits per heavy atom. The average molecular weight is 404 g/mol. The molecule has 2 aromatic heterocycles. The molecule has 1 aliphatic rings. The molecule has 0 radical (unpaired) electrons. The van der Waals surface area contributed by atoms with Crippen molar-refractivity contribution in [2.24, 2.45) is 0 Å². The summed E-state index contributed by atoms with van der Waals surface area (Å²) >= 11 is 0. The van der Waals surface area contributed by atoms with E-state index >= 15 is 0 Å². The van der Waals surface area contributed by atoms with E-state index in [4.69, 9.17) is 0 Å². The largest absolute Gasteiger partial charge is 1.00 e. The Labute approximate surface area is 106 Å². The van der Waals surface area contributed by atoms with Crippen LogP contribution in [0.5, 0.6) is 0 Å². The molecule has 0 bridgehead atoms. The van der Waals surface area contributed by atoms with E-state index in [2.05, 4.69) is 26.8 Å². The van der Waals surface area contributed by atoms with E-state index < -0.39 is 0 Å². The molecule has 0 saturated carbocycles. The molecule has 1 fully saturated rings. The fourth-order valence-corrected chi connectivity index (χ4v) is 2.07. The third kappa shape index (κ3) is 3.65. The van der Waals surface area contributed by atoms with E-state index in [9.17, 15) is 0 Å². The van der Waals surface area contributed by atoms with Gasteiger partial charge in [-0.3, -0.25) is 10.1 Å². The second kappa shape index (κ2) is 6.33. The number of rotatable bonds is 0. The molecule has 3 heterocycles. The zero-order valence-corrected chi connectivity index (χ0v) is 11.5. The van der Waals surface area contributed by atoms with Gasteiger partial charge in [-0.15, -0.1) is 7.92 Å². The summed E-state index contributed by atoms with van der Waals surface area (Å²) in [6, 6.07) is 0. The first kappa shape index (κ1) is 12.8. The molecule has 1 aliphatic heterocycles. The molecule has 2 aromatic rings. The average Bonchev–Trinajstić information content (AvgIpc) is 2.63. The van der Waals surface area contributed by atoms with Crippen LogP contribution in [0.15, 0.2) is 18.6 Å². The summed E-state index contributed by atoms with van der Waals surface area (Å²) in [5.74, 6) is 0. The third-order valence-electron chi connectivity index (χ3n) is 2.12. The maximum absolute atomic E-state index is 3.95. The van der Waals surface area contributed by atoms with Crippen LogP contribution >= 0.6 is 7.92 Å². The van der Waals surface area contributed by atoms with Crippen LogP contribution in [-0.4, -0.2) is 34.1 Å². The molecule has 3 rings (SSSR count). The van der Waals surface area contributed by atoms with Gasteiger partial charge in [0.1, 0.15) is 0 Å². The van der Waals surface area contributed by atoms with Gasteiger partial charge in [-0.05, 0) is 31.1 Å². The summed E-state index contributed by atoms with van der Waals surface area (Å²) in [6.45, 7) is 2.37. The maximum atomic E-state index is 3.95. The van der Waals surface area contributed by atoms with Crippen molar-refractivity contribution in [1.82, 2.24) is 20.2 Å². The Morgan fingerprint density at radius 1 is 1.27 bits per heavy atom. The number of nitrogens with zero attached hydrogens (tertiary/aromatic N) is 4. The van der Waals surface area contributed by atoms with Crippen LogP contribution in [0.1, 0.15) is 6.42 Å². The van der Waals surface area contributed by atoms with Crippen LogP contribution in [0.3, 0.4) is 0 Å². The Balaban J connectivity index is 0.000000162. The molecule has 0 aliphatic carbocycles. The van der Waals surface area contributed by atoms with E-state index in [0.717, 1.165) is 5.52 Å². The van der Waals surface area contributed by atoms with Gasteiger partial charge in [-0.1, -0.05) is 6.20 Å². The van der Waals surface area contributed by atoms with Gasteiger partial charge in [0.15, 0.2) is 0 Å². The van der Waals surface area contributed by atoms with Crippen LogP contribution < -0.4 is 5.10 Å². The summed E-state index contributed by atoms with van der Waals surface area (Å²) in [7, 11) is 0.582. The minimum Gasteiger partial charge on any atom is -0.438 e. The molecule has 0 unspecified atom stereocenters. The molecular formula is C9H12AuN4P. The van der Waals surface area contributed by atoms with Crippen molar-refractivity contribution in [2.75, 3.05) is 19.0 Å². The number of fused-ring (bicyclic) bond motifs is 1. The monoisotopic (exact) mass is 404 g/mol. The second-order valence-corrected chi connectivity index (χ2v) is 5.87. The molecule has 6 heteroatoms. The second-order valence-electron chi connectivity index (χ2n) is 3.27. The Bertz CT molecular complexity index is 371. The van der Waals surface area contributed by atoms with Crippen LogP contribution in [0.25, 0.3) is 11.2 Å². The van der Waals surface area contributed by atoms with Crippen molar-refractivity contribution >= 4 is 19.1 Å². The molecular weight excluding hydrogens is 392 g/mol. The van der Waals surface area contributed by atoms with Crippen molar-refractivity contribution in [2.45, 2.75) is 6.42 Å². The normalized spacial score (nSPS) is 14.7. The number of aromatic nitrogens is 4. The van der Waals surface area contributed by atoms with Gasteiger partial charge < -0.3 is 10.1 Å². The summed E-state index contributed by atoms with van der Waals surface area (Å²) in [5, 5.41) is 7.32. The molecule has 15 heavy (non-hydrogen) atoms. The first-order chi connectivity index (χ1) is 6.86. The van der Waals surface area contributed by atoms with E-state index in [1.54, 1.807) is 30.9 Å². The summed E-state index contributed by atoms with van der Waals surface area (Å²) < 4.78 is 0. The standard InChI is InChI=1S/C5H3N4.C4H9P.Au/c1-2-7-5-4(6-1)3-8-9-5;1-5-3-2-4-5;/h1-3H;2-4H2,1H3;/q-1;;+1. The van der Waals surface area contributed by atoms with E-state index in [-0.39, 0.29) is 22.4 Å². The molecule has 0 atom stereocenters. The molecule has 0 aromatic carbocycles. The molecule has 0 spiro atoms. The Kier molecular flexibility index (Phi) is 5.40. The molecule has 0 amide bonds. The fourth-order valence-electron chi connectivity index (χ4n) is 1.12. The van der Waals surface area contributed by atoms with Crippen molar-refractivity contribution in [3.8, 4) is 0 Å². The summed E-state index contributed by atoms with van der Waals surface area (Å²) in [5.41, 5.74) is 1.36. The number of hydrogen-bond donors (Lipinski definition) is 0. The van der Waals surface area contributed by atoms with Crippen molar-refractivity contribution in [3.63, 3.8) is 0 Å². The van der Waals surface area contributed by atoms with Gasteiger partial charge >= 0.3 is 22.4 Å². The van der Waals surface area contributed by atoms with Crippen LogP contribution in [-0.2, 0) is 22.4 Å². The van der Waals surface area contributed by atoms with Gasteiger partial charge in [0.2, 0.25) is 0 Å². The Morgan fingerprint density at radius 2 is 1.93 bits per heavy atom. The fraction of sp³-hybridized carbons (Fsp3) is 0.444. The first-order valence-electron chi connectivity index (χ1n) is 4.60. The third-order valence-corrected chi connectivity index (χ3v) is 4.28. The molecule has 1 saturated heterocycles. The SMILES string of the molecule is CP1CCC1.[Au+].c1cnc2[n-]ncc2n1. The van der Waals surface area contributed by atoms with Gasteiger partial charge in [0, 0.05) is 6.20 Å². The summed E-state index contributed by atoms with van der Waals surface area (Å²) in [4.78, 5) is 7.86. The van der Waals surface area contributed by atoms with Crippen LogP contribution in [0, 0.1) is 0 Å². The van der Waals surface area contributed by atoms with Crippen LogP contribution in [0.4, 0.5) is 0 Å². The van der Waals surface area contributed by atoms with E-state index in [1.807, 2.05) is 0 Å². The van der Waals surface area contributed by atoms with Gasteiger partial charge in [-0.2, -0.15) is 0 Å². The molecule has 0 N–H and O–H groups in total. The van der Waals surface area contributed by atoms with Gasteiger partial charge in [0.25, 0.3) is 0 Å². The van der Waals surface area contributed by atoms with Crippen LogP contribution in [0.2, 0.25) is 0 Å². The predicted molar refractivity (Wildman–Crippen MR) is 57.8 cm³/mol. The zero-order valence-electron chi connectivity index (χ0n) is 8.39. The minimum atomic E-state index is 0. The topological polar surface area (TPSA) is 52.8 Å². The Hall–Kier alpha value is -0.280. The van der Waals surface area contributed by atoms with Crippen molar-refractivity contribution < 1.29 is 22.4 Å². The first-order valence-corrected chi connectivity index (χ1v) is 6.76. The van der Waals surface area contributed by atoms with Gasteiger partial charge in [-0.25, -0.2) is 0 Å². The predicted octanol–water partition coefficient (Wildman–Crippen LogP) is 1.48. The summed E-state index contributed by atoms with van der Waals surface area (Å²) in [6.07, 6.45) is 9.41. The van der Waals surface area contributed by atoms with E-state index in [0.29, 0.717) is 13.6 Å². The molecule has 4 nitrogen and oxygen atoms in total. The quantitative estimate of drug-likeness (QED) is 0.493. The minimum absolute atomic E-state index is 0. The number of hydrogen-bond acceptors (Lipinski definition) is 3. The smallest absolute Gasteiger partial charge is 0.438 e. The maximum Gasteiger partial charge on any atom is 1.00 e. The molecule has 84 valence electrons. The van der Waals surface area contributed by atoms with Crippen molar-refractivity contribution in [1.29, 1.82) is 0 Å². The zero-order chi connectivity index (χ0) is 9.80. The van der Waals surface area contributed by atoms with Crippen molar-refractivity contribution in [3.05, 3.63) is 18.6 Å².